The van der Waals surface area contributed by atoms with Gasteiger partial charge in [-0.05, 0) is 28.5 Å². The van der Waals surface area contributed by atoms with Gasteiger partial charge in [-0.1, -0.05) is 37.1 Å². The molecule has 0 fully saturated rings. The van der Waals surface area contributed by atoms with Crippen molar-refractivity contribution in [2.24, 2.45) is 5.92 Å². The summed E-state index contributed by atoms with van der Waals surface area (Å²) in [6.45, 7) is 4.76. The van der Waals surface area contributed by atoms with E-state index < -0.39 is 0 Å². The van der Waals surface area contributed by atoms with E-state index in [4.69, 9.17) is 4.74 Å². The molecule has 0 radical (unpaired) electrons. The van der Waals surface area contributed by atoms with Crippen LogP contribution in [0.1, 0.15) is 13.8 Å². The number of aromatic nitrogens is 4. The van der Waals surface area contributed by atoms with E-state index in [1.807, 2.05) is 30.3 Å². The molecule has 1 aromatic carbocycles. The van der Waals surface area contributed by atoms with Crippen LogP contribution in [0.25, 0.3) is 5.69 Å². The number of tetrazole rings is 1. The van der Waals surface area contributed by atoms with Crippen molar-refractivity contribution < 1.29 is 4.74 Å². The highest BCUT2D eigenvalue weighted by Gasteiger charge is 2.09. The lowest BCUT2D eigenvalue weighted by atomic mass is 10.2. The van der Waals surface area contributed by atoms with Crippen LogP contribution in [0.15, 0.2) is 30.3 Å². The van der Waals surface area contributed by atoms with Crippen LogP contribution in [0.5, 0.6) is 6.01 Å². The van der Waals surface area contributed by atoms with Gasteiger partial charge in [0.1, 0.15) is 0 Å². The molecule has 16 heavy (non-hydrogen) atoms. The van der Waals surface area contributed by atoms with Crippen LogP contribution >= 0.6 is 0 Å². The van der Waals surface area contributed by atoms with Crippen LogP contribution < -0.4 is 4.74 Å². The monoisotopic (exact) mass is 218 g/mol. The number of rotatable bonds is 4. The Balaban J connectivity index is 2.19. The van der Waals surface area contributed by atoms with E-state index in [-0.39, 0.29) is 0 Å². The average molecular weight is 218 g/mol. The first-order valence-corrected chi connectivity index (χ1v) is 5.24. The Bertz CT molecular complexity index is 438. The minimum absolute atomic E-state index is 0.430. The molecule has 0 aliphatic rings. The Morgan fingerprint density at radius 1 is 1.25 bits per heavy atom. The van der Waals surface area contributed by atoms with Crippen molar-refractivity contribution in [3.63, 3.8) is 0 Å². The number of para-hydroxylation sites is 1. The summed E-state index contributed by atoms with van der Waals surface area (Å²) in [6, 6.07) is 10.1. The van der Waals surface area contributed by atoms with Crippen molar-refractivity contribution in [3.05, 3.63) is 30.3 Å². The summed E-state index contributed by atoms with van der Waals surface area (Å²) >= 11 is 0. The summed E-state index contributed by atoms with van der Waals surface area (Å²) in [5, 5.41) is 11.4. The highest BCUT2D eigenvalue weighted by Crippen LogP contribution is 2.12. The van der Waals surface area contributed by atoms with Gasteiger partial charge in [0, 0.05) is 0 Å². The number of hydrogen-bond donors (Lipinski definition) is 0. The summed E-state index contributed by atoms with van der Waals surface area (Å²) in [4.78, 5) is 0. The highest BCUT2D eigenvalue weighted by atomic mass is 16.5. The van der Waals surface area contributed by atoms with Gasteiger partial charge in [0.2, 0.25) is 0 Å². The molecule has 0 aliphatic carbocycles. The molecule has 0 spiro atoms. The number of nitrogens with zero attached hydrogens (tertiary/aromatic N) is 4. The molecule has 5 nitrogen and oxygen atoms in total. The van der Waals surface area contributed by atoms with E-state index in [0.717, 1.165) is 5.69 Å². The molecule has 0 saturated carbocycles. The first-order chi connectivity index (χ1) is 7.77. The van der Waals surface area contributed by atoms with Gasteiger partial charge in [-0.3, -0.25) is 0 Å². The number of benzene rings is 1. The third-order valence-electron chi connectivity index (χ3n) is 1.99. The van der Waals surface area contributed by atoms with Crippen LogP contribution in [0.3, 0.4) is 0 Å². The predicted octanol–water partition coefficient (Wildman–Crippen LogP) is 1.70. The molecule has 0 aliphatic heterocycles. The molecular weight excluding hydrogens is 204 g/mol. The zero-order chi connectivity index (χ0) is 11.4. The lowest BCUT2D eigenvalue weighted by Crippen LogP contribution is -2.09. The standard InChI is InChI=1S/C11H14N4O/c1-9(2)8-16-11-12-13-14-15(11)10-6-4-3-5-7-10/h3-7,9H,8H2,1-2H3. The summed E-state index contributed by atoms with van der Waals surface area (Å²) in [7, 11) is 0. The Hall–Kier alpha value is -1.91. The fourth-order valence-corrected chi connectivity index (χ4v) is 1.24. The van der Waals surface area contributed by atoms with Crippen molar-refractivity contribution in [3.8, 4) is 11.7 Å². The van der Waals surface area contributed by atoms with Crippen LogP contribution in [0.4, 0.5) is 0 Å². The average Bonchev–Trinajstić information content (AvgIpc) is 2.75. The van der Waals surface area contributed by atoms with E-state index in [0.29, 0.717) is 18.5 Å². The number of hydrogen-bond acceptors (Lipinski definition) is 4. The van der Waals surface area contributed by atoms with E-state index >= 15 is 0 Å². The van der Waals surface area contributed by atoms with E-state index in [2.05, 4.69) is 29.4 Å². The molecule has 5 heteroatoms. The van der Waals surface area contributed by atoms with Crippen molar-refractivity contribution >= 4 is 0 Å². The summed E-state index contributed by atoms with van der Waals surface area (Å²) in [5.74, 6) is 0.445. The Morgan fingerprint density at radius 3 is 2.69 bits per heavy atom. The molecule has 2 aromatic rings. The van der Waals surface area contributed by atoms with Gasteiger partial charge in [-0.15, -0.1) is 0 Å². The maximum absolute atomic E-state index is 5.52. The maximum atomic E-state index is 5.52. The SMILES string of the molecule is CC(C)COc1nnnn1-c1ccccc1. The second-order valence-electron chi connectivity index (χ2n) is 3.91. The second kappa shape index (κ2) is 4.74. The van der Waals surface area contributed by atoms with E-state index in [9.17, 15) is 0 Å². The lowest BCUT2D eigenvalue weighted by molar-refractivity contribution is 0.244. The van der Waals surface area contributed by atoms with Crippen molar-refractivity contribution in [2.75, 3.05) is 6.61 Å². The minimum atomic E-state index is 0.430. The molecule has 0 unspecified atom stereocenters. The zero-order valence-electron chi connectivity index (χ0n) is 9.37. The third-order valence-corrected chi connectivity index (χ3v) is 1.99. The second-order valence-corrected chi connectivity index (χ2v) is 3.91. The largest absolute Gasteiger partial charge is 0.462 e. The molecule has 0 saturated heterocycles. The van der Waals surface area contributed by atoms with Crippen LogP contribution in [0, 0.1) is 5.92 Å². The quantitative estimate of drug-likeness (QED) is 0.783. The molecule has 0 N–H and O–H groups in total. The fraction of sp³-hybridized carbons (Fsp3) is 0.364. The van der Waals surface area contributed by atoms with Gasteiger partial charge in [-0.2, -0.15) is 4.68 Å². The fourth-order valence-electron chi connectivity index (χ4n) is 1.24. The van der Waals surface area contributed by atoms with Gasteiger partial charge in [0.05, 0.1) is 12.3 Å². The highest BCUT2D eigenvalue weighted by molar-refractivity contribution is 5.31. The number of ether oxygens (including phenoxy) is 1. The molecule has 2 rings (SSSR count). The van der Waals surface area contributed by atoms with Gasteiger partial charge in [0.25, 0.3) is 0 Å². The molecule has 1 aromatic heterocycles. The normalized spacial score (nSPS) is 10.7. The van der Waals surface area contributed by atoms with Crippen molar-refractivity contribution in [1.29, 1.82) is 0 Å². The van der Waals surface area contributed by atoms with Gasteiger partial charge in [-0.25, -0.2) is 0 Å². The van der Waals surface area contributed by atoms with Crippen molar-refractivity contribution in [2.45, 2.75) is 13.8 Å². The first kappa shape index (κ1) is 10.6. The maximum Gasteiger partial charge on any atom is 0.340 e. The van der Waals surface area contributed by atoms with Crippen LogP contribution in [0.2, 0.25) is 0 Å². The molecule has 84 valence electrons. The van der Waals surface area contributed by atoms with Crippen LogP contribution in [-0.2, 0) is 0 Å². The Labute approximate surface area is 94.0 Å². The third kappa shape index (κ3) is 2.36. The van der Waals surface area contributed by atoms with Crippen LogP contribution in [-0.4, -0.2) is 26.8 Å². The summed E-state index contributed by atoms with van der Waals surface area (Å²) < 4.78 is 7.11. The molecule has 0 atom stereocenters. The van der Waals surface area contributed by atoms with Gasteiger partial charge < -0.3 is 4.74 Å². The lowest BCUT2D eigenvalue weighted by Gasteiger charge is -2.07. The topological polar surface area (TPSA) is 52.8 Å². The summed E-state index contributed by atoms with van der Waals surface area (Å²) in [5.41, 5.74) is 0.895. The summed E-state index contributed by atoms with van der Waals surface area (Å²) in [6.07, 6.45) is 0. The smallest absolute Gasteiger partial charge is 0.340 e. The zero-order valence-corrected chi connectivity index (χ0v) is 9.37. The molecular formula is C11H14N4O. The predicted molar refractivity (Wildman–Crippen MR) is 59.5 cm³/mol. The molecule has 1 heterocycles. The minimum Gasteiger partial charge on any atom is -0.462 e. The van der Waals surface area contributed by atoms with Gasteiger partial charge in [0.15, 0.2) is 0 Å². The van der Waals surface area contributed by atoms with E-state index in [1.165, 1.54) is 0 Å². The molecule has 0 amide bonds. The van der Waals surface area contributed by atoms with Gasteiger partial charge >= 0.3 is 6.01 Å². The van der Waals surface area contributed by atoms with E-state index in [1.54, 1.807) is 4.68 Å². The first-order valence-electron chi connectivity index (χ1n) is 5.24. The Morgan fingerprint density at radius 2 is 2.00 bits per heavy atom. The molecule has 0 bridgehead atoms. The Kier molecular flexibility index (Phi) is 3.14. The van der Waals surface area contributed by atoms with Crippen molar-refractivity contribution in [1.82, 2.24) is 20.2 Å².